The molecular weight excluding hydrogens is 520 g/mol. The van der Waals surface area contributed by atoms with E-state index in [1.54, 1.807) is 0 Å². The predicted molar refractivity (Wildman–Crippen MR) is 155 cm³/mol. The minimum absolute atomic E-state index is 0.0116. The number of carbonyl (C=O) groups is 2. The van der Waals surface area contributed by atoms with Gasteiger partial charge in [-0.2, -0.15) is 0 Å². The van der Waals surface area contributed by atoms with Gasteiger partial charge in [-0.15, -0.1) is 0 Å². The molecule has 7 heteroatoms. The Balaban J connectivity index is 1.64. The number of hydrogen-bond donors (Lipinski definition) is 3. The highest BCUT2D eigenvalue weighted by Gasteiger charge is 2.72. The molecule has 0 aliphatic heterocycles. The van der Waals surface area contributed by atoms with E-state index in [1.165, 1.54) is 19.4 Å². The first-order valence-corrected chi connectivity index (χ1v) is 15.9. The average Bonchev–Trinajstić information content (AvgIpc) is 2.85. The molecule has 7 nitrogen and oxygen atoms in total. The first-order chi connectivity index (χ1) is 18.9. The van der Waals surface area contributed by atoms with Crippen molar-refractivity contribution in [3.05, 3.63) is 11.6 Å². The van der Waals surface area contributed by atoms with E-state index in [0.29, 0.717) is 25.2 Å². The van der Waals surface area contributed by atoms with Crippen LogP contribution >= 0.6 is 0 Å². The molecule has 0 saturated heterocycles. The van der Waals surface area contributed by atoms with E-state index in [2.05, 4.69) is 47.6 Å². The van der Waals surface area contributed by atoms with Crippen molar-refractivity contribution in [1.82, 2.24) is 0 Å². The molecule has 0 heterocycles. The highest BCUT2D eigenvalue weighted by atomic mass is 16.6. The third kappa shape index (κ3) is 4.22. The molecule has 4 fully saturated rings. The van der Waals surface area contributed by atoms with Crippen molar-refractivity contribution in [2.75, 3.05) is 13.2 Å². The Labute approximate surface area is 246 Å². The number of rotatable bonds is 4. The standard InChI is InChI=1S/C34H54O7/c1-20(36)40-19-34-23(15-29(3,4)17-28(34)41-21(2)37)22-9-10-25-30(5)13-12-26(38)31(6,18-35)24(30)11-14-32(25,7)33(22,8)16-27(34)39/h9,23-28,35,38-39H,10-19H2,1-8H3. The highest BCUT2D eigenvalue weighted by Crippen LogP contribution is 2.75. The Hall–Kier alpha value is -1.44. The monoisotopic (exact) mass is 574 g/mol. The van der Waals surface area contributed by atoms with Gasteiger partial charge in [0.1, 0.15) is 12.7 Å². The van der Waals surface area contributed by atoms with Crippen LogP contribution in [0.3, 0.4) is 0 Å². The lowest BCUT2D eigenvalue weighted by Crippen LogP contribution is -2.70. The summed E-state index contributed by atoms with van der Waals surface area (Å²) < 4.78 is 11.7. The lowest BCUT2D eigenvalue weighted by atomic mass is 9.33. The lowest BCUT2D eigenvalue weighted by molar-refractivity contribution is -0.245. The summed E-state index contributed by atoms with van der Waals surface area (Å²) in [6.45, 7) is 16.5. The van der Waals surface area contributed by atoms with Gasteiger partial charge in [-0.25, -0.2) is 0 Å². The fourth-order valence-corrected chi connectivity index (χ4v) is 11.5. The largest absolute Gasteiger partial charge is 0.465 e. The first kappa shape index (κ1) is 31.0. The minimum atomic E-state index is -0.896. The quantitative estimate of drug-likeness (QED) is 0.313. The number of esters is 2. The molecule has 5 aliphatic carbocycles. The third-order valence-electron chi connectivity index (χ3n) is 13.8. The van der Waals surface area contributed by atoms with Crippen LogP contribution in [0.2, 0.25) is 0 Å². The van der Waals surface area contributed by atoms with Crippen molar-refractivity contribution in [3.8, 4) is 0 Å². The molecule has 0 spiro atoms. The number of aliphatic hydroxyl groups excluding tert-OH is 3. The molecule has 0 aromatic heterocycles. The number of ether oxygens (including phenoxy) is 2. The van der Waals surface area contributed by atoms with Crippen LogP contribution in [0.1, 0.15) is 107 Å². The van der Waals surface area contributed by atoms with Gasteiger partial charge in [-0.05, 0) is 90.8 Å². The summed E-state index contributed by atoms with van der Waals surface area (Å²) in [5.41, 5.74) is -0.656. The number of fused-ring (bicyclic) bond motifs is 7. The van der Waals surface area contributed by atoms with Gasteiger partial charge in [0.25, 0.3) is 0 Å². The smallest absolute Gasteiger partial charge is 0.302 e. The fourth-order valence-electron chi connectivity index (χ4n) is 11.5. The van der Waals surface area contributed by atoms with Gasteiger partial charge in [0.05, 0.1) is 24.2 Å². The molecule has 3 N–H and O–H groups in total. The fraction of sp³-hybridized carbons (Fsp3) is 0.882. The van der Waals surface area contributed by atoms with E-state index in [4.69, 9.17) is 9.47 Å². The topological polar surface area (TPSA) is 113 Å². The van der Waals surface area contributed by atoms with Crippen LogP contribution in [0.4, 0.5) is 0 Å². The summed E-state index contributed by atoms with van der Waals surface area (Å²) in [6, 6.07) is 0. The van der Waals surface area contributed by atoms with Gasteiger partial charge < -0.3 is 24.8 Å². The van der Waals surface area contributed by atoms with Crippen molar-refractivity contribution in [3.63, 3.8) is 0 Å². The molecule has 0 aromatic carbocycles. The second-order valence-electron chi connectivity index (χ2n) is 16.3. The van der Waals surface area contributed by atoms with Crippen molar-refractivity contribution < 1.29 is 34.4 Å². The summed E-state index contributed by atoms with van der Waals surface area (Å²) in [7, 11) is 0. The summed E-state index contributed by atoms with van der Waals surface area (Å²) in [4.78, 5) is 24.5. The van der Waals surface area contributed by atoms with E-state index < -0.39 is 35.1 Å². The summed E-state index contributed by atoms with van der Waals surface area (Å²) >= 11 is 0. The van der Waals surface area contributed by atoms with Crippen LogP contribution in [-0.2, 0) is 19.1 Å². The molecule has 232 valence electrons. The average molecular weight is 575 g/mol. The Bertz CT molecular complexity index is 1110. The zero-order valence-electron chi connectivity index (χ0n) is 26.6. The van der Waals surface area contributed by atoms with Gasteiger partial charge in [-0.1, -0.05) is 53.2 Å². The summed E-state index contributed by atoms with van der Waals surface area (Å²) in [5.74, 6) is -0.305. The Morgan fingerprint density at radius 3 is 2.20 bits per heavy atom. The van der Waals surface area contributed by atoms with Crippen LogP contribution < -0.4 is 0 Å². The van der Waals surface area contributed by atoms with Crippen molar-refractivity contribution in [1.29, 1.82) is 0 Å². The van der Waals surface area contributed by atoms with Crippen molar-refractivity contribution >= 4 is 11.9 Å². The molecule has 0 radical (unpaired) electrons. The van der Waals surface area contributed by atoms with E-state index in [1.807, 2.05) is 0 Å². The molecule has 0 bridgehead atoms. The Morgan fingerprint density at radius 1 is 0.902 bits per heavy atom. The maximum absolute atomic E-state index is 12.4. The van der Waals surface area contributed by atoms with E-state index in [9.17, 15) is 24.9 Å². The van der Waals surface area contributed by atoms with E-state index in [-0.39, 0.29) is 52.7 Å². The van der Waals surface area contributed by atoms with E-state index in [0.717, 1.165) is 32.1 Å². The zero-order chi connectivity index (χ0) is 30.4. The van der Waals surface area contributed by atoms with Gasteiger partial charge in [0.15, 0.2) is 0 Å². The Kier molecular flexibility index (Phi) is 7.40. The summed E-state index contributed by atoms with van der Waals surface area (Å²) in [5, 5.41) is 33.8. The predicted octanol–water partition coefficient (Wildman–Crippen LogP) is 5.20. The number of allylic oxidation sites excluding steroid dienone is 2. The van der Waals surface area contributed by atoms with Gasteiger partial charge in [0, 0.05) is 19.3 Å². The zero-order valence-corrected chi connectivity index (χ0v) is 26.6. The van der Waals surface area contributed by atoms with Gasteiger partial charge >= 0.3 is 11.9 Å². The molecule has 0 amide bonds. The second-order valence-corrected chi connectivity index (χ2v) is 16.3. The van der Waals surface area contributed by atoms with E-state index >= 15 is 0 Å². The number of aliphatic hydroxyl groups is 3. The maximum atomic E-state index is 12.4. The molecule has 0 aromatic rings. The van der Waals surface area contributed by atoms with Crippen LogP contribution in [0.15, 0.2) is 11.6 Å². The Morgan fingerprint density at radius 2 is 1.59 bits per heavy atom. The highest BCUT2D eigenvalue weighted by molar-refractivity contribution is 5.67. The van der Waals surface area contributed by atoms with Crippen LogP contribution in [0, 0.1) is 50.2 Å². The molecule has 4 saturated carbocycles. The van der Waals surface area contributed by atoms with Crippen molar-refractivity contribution in [2.45, 2.75) is 125 Å². The molecular formula is C34H54O7. The molecule has 11 atom stereocenters. The minimum Gasteiger partial charge on any atom is -0.465 e. The van der Waals surface area contributed by atoms with Gasteiger partial charge in [-0.3, -0.25) is 9.59 Å². The number of hydrogen-bond acceptors (Lipinski definition) is 7. The lowest BCUT2D eigenvalue weighted by Gasteiger charge is -2.72. The number of carbonyl (C=O) groups excluding carboxylic acids is 2. The van der Waals surface area contributed by atoms with Crippen LogP contribution in [0.25, 0.3) is 0 Å². The molecule has 41 heavy (non-hydrogen) atoms. The first-order valence-electron chi connectivity index (χ1n) is 15.9. The maximum Gasteiger partial charge on any atom is 0.302 e. The SMILES string of the molecule is CC(=O)OCC12C(O)CC3(C)C(=CCC4C5(C)CCC(O)C(C)(CO)C5CCC43C)C1CC(C)(C)CC2OC(C)=O. The molecule has 11 unspecified atom stereocenters. The third-order valence-corrected chi connectivity index (χ3v) is 13.8. The van der Waals surface area contributed by atoms with Crippen LogP contribution in [-0.4, -0.2) is 58.8 Å². The second kappa shape index (κ2) is 9.79. The normalized spacial score (nSPS) is 50.3. The molecule has 5 aliphatic rings. The van der Waals surface area contributed by atoms with Crippen LogP contribution in [0.5, 0.6) is 0 Å². The summed E-state index contributed by atoms with van der Waals surface area (Å²) in [6.07, 6.45) is 6.92. The molecule has 5 rings (SSSR count). The van der Waals surface area contributed by atoms with Gasteiger partial charge in [0.2, 0.25) is 0 Å². The van der Waals surface area contributed by atoms with Crippen molar-refractivity contribution in [2.24, 2.45) is 50.2 Å².